The van der Waals surface area contributed by atoms with Crippen LogP contribution in [0.2, 0.25) is 0 Å². The summed E-state index contributed by atoms with van der Waals surface area (Å²) in [6.07, 6.45) is 3.18. The lowest BCUT2D eigenvalue weighted by atomic mass is 9.75. The Bertz CT molecular complexity index is 370. The summed E-state index contributed by atoms with van der Waals surface area (Å²) in [7, 11) is 3.25. The van der Waals surface area contributed by atoms with Crippen molar-refractivity contribution in [3.63, 3.8) is 0 Å². The van der Waals surface area contributed by atoms with Crippen molar-refractivity contribution in [2.24, 2.45) is 5.92 Å². The average Bonchev–Trinajstić information content (AvgIpc) is 2.91. The Balaban J connectivity index is 2.13. The summed E-state index contributed by atoms with van der Waals surface area (Å²) in [5.41, 5.74) is 0. The standard InChI is InChI=1S/C14H20O3S/c1-16-14(17-2)9-11-10(5-3-6-12(11)15)13-7-4-8-18-13/h4,7-8,10-11,14H,3,5-6,9H2,1-2H3. The number of ketones is 1. The molecule has 0 aliphatic heterocycles. The highest BCUT2D eigenvalue weighted by atomic mass is 32.1. The number of Topliss-reactive ketones (excluding diaryl/α,β-unsaturated/α-hetero) is 1. The average molecular weight is 268 g/mol. The maximum absolute atomic E-state index is 12.2. The molecule has 1 saturated carbocycles. The molecular formula is C14H20O3S. The second-order valence-electron chi connectivity index (χ2n) is 4.72. The molecule has 0 N–H and O–H groups in total. The molecule has 4 heteroatoms. The predicted octanol–water partition coefficient (Wildman–Crippen LogP) is 3.21. The Kier molecular flexibility index (Phi) is 4.92. The van der Waals surface area contributed by atoms with Crippen LogP contribution in [0.3, 0.4) is 0 Å². The molecule has 1 aliphatic rings. The molecule has 0 aromatic carbocycles. The van der Waals surface area contributed by atoms with Crippen molar-refractivity contribution >= 4 is 17.1 Å². The van der Waals surface area contributed by atoms with Crippen LogP contribution in [0.15, 0.2) is 17.5 Å². The van der Waals surface area contributed by atoms with Gasteiger partial charge < -0.3 is 9.47 Å². The molecule has 1 aliphatic carbocycles. The molecule has 18 heavy (non-hydrogen) atoms. The van der Waals surface area contributed by atoms with Crippen LogP contribution in [0.25, 0.3) is 0 Å². The first-order valence-electron chi connectivity index (χ1n) is 6.38. The van der Waals surface area contributed by atoms with Gasteiger partial charge in [0.05, 0.1) is 0 Å². The summed E-state index contributed by atoms with van der Waals surface area (Å²) >= 11 is 1.74. The second kappa shape index (κ2) is 6.45. The number of hydrogen-bond donors (Lipinski definition) is 0. The fourth-order valence-corrected chi connectivity index (χ4v) is 3.67. The van der Waals surface area contributed by atoms with Crippen LogP contribution in [0.1, 0.15) is 36.5 Å². The summed E-state index contributed by atoms with van der Waals surface area (Å²) in [6, 6.07) is 4.19. The number of hydrogen-bond acceptors (Lipinski definition) is 4. The summed E-state index contributed by atoms with van der Waals surface area (Å²) < 4.78 is 10.5. The largest absolute Gasteiger partial charge is 0.356 e. The molecule has 1 heterocycles. The Morgan fingerprint density at radius 2 is 2.22 bits per heavy atom. The first-order chi connectivity index (χ1) is 8.76. The molecule has 1 aromatic rings. The molecule has 0 saturated heterocycles. The molecule has 2 unspecified atom stereocenters. The fourth-order valence-electron chi connectivity index (χ4n) is 2.74. The zero-order valence-corrected chi connectivity index (χ0v) is 11.7. The molecule has 1 fully saturated rings. The zero-order chi connectivity index (χ0) is 13.0. The maximum Gasteiger partial charge on any atom is 0.157 e. The van der Waals surface area contributed by atoms with Gasteiger partial charge in [0, 0.05) is 43.8 Å². The number of carbonyl (C=O) groups excluding carboxylic acids is 1. The second-order valence-corrected chi connectivity index (χ2v) is 5.70. The molecule has 100 valence electrons. The number of thiophene rings is 1. The van der Waals surface area contributed by atoms with E-state index in [1.165, 1.54) is 4.88 Å². The van der Waals surface area contributed by atoms with E-state index in [0.29, 0.717) is 24.5 Å². The predicted molar refractivity (Wildman–Crippen MR) is 71.8 cm³/mol. The van der Waals surface area contributed by atoms with Crippen molar-refractivity contribution in [1.82, 2.24) is 0 Å². The molecule has 1 aromatic heterocycles. The van der Waals surface area contributed by atoms with Crippen LogP contribution in [0, 0.1) is 5.92 Å². The third-order valence-corrected chi connectivity index (χ3v) is 4.72. The lowest BCUT2D eigenvalue weighted by molar-refractivity contribution is -0.138. The Morgan fingerprint density at radius 3 is 2.83 bits per heavy atom. The van der Waals surface area contributed by atoms with Crippen molar-refractivity contribution in [2.45, 2.75) is 37.9 Å². The molecule has 0 amide bonds. The molecule has 0 radical (unpaired) electrons. The molecule has 2 rings (SSSR count). The van der Waals surface area contributed by atoms with Gasteiger partial charge in [-0.15, -0.1) is 11.3 Å². The molecular weight excluding hydrogens is 248 g/mol. The molecule has 0 spiro atoms. The van der Waals surface area contributed by atoms with E-state index in [1.54, 1.807) is 25.6 Å². The number of carbonyl (C=O) groups is 1. The minimum atomic E-state index is -0.278. The van der Waals surface area contributed by atoms with Crippen molar-refractivity contribution in [3.8, 4) is 0 Å². The molecule has 0 bridgehead atoms. The van der Waals surface area contributed by atoms with E-state index in [1.807, 2.05) is 0 Å². The Hall–Kier alpha value is -0.710. The fraction of sp³-hybridized carbons (Fsp3) is 0.643. The van der Waals surface area contributed by atoms with Gasteiger partial charge in [-0.25, -0.2) is 0 Å². The zero-order valence-electron chi connectivity index (χ0n) is 10.9. The highest BCUT2D eigenvalue weighted by Crippen LogP contribution is 2.40. The van der Waals surface area contributed by atoms with Gasteiger partial charge in [0.15, 0.2) is 6.29 Å². The van der Waals surface area contributed by atoms with Crippen molar-refractivity contribution in [2.75, 3.05) is 14.2 Å². The van der Waals surface area contributed by atoms with Gasteiger partial charge >= 0.3 is 0 Å². The van der Waals surface area contributed by atoms with Gasteiger partial charge in [-0.1, -0.05) is 6.07 Å². The number of methoxy groups -OCH3 is 2. The summed E-state index contributed by atoms with van der Waals surface area (Å²) in [5.74, 6) is 0.750. The van der Waals surface area contributed by atoms with Crippen LogP contribution >= 0.6 is 11.3 Å². The Morgan fingerprint density at radius 1 is 1.44 bits per heavy atom. The van der Waals surface area contributed by atoms with Crippen LogP contribution in [-0.2, 0) is 14.3 Å². The normalized spacial score (nSPS) is 24.7. The van der Waals surface area contributed by atoms with Crippen molar-refractivity contribution in [1.29, 1.82) is 0 Å². The smallest absolute Gasteiger partial charge is 0.157 e. The molecule has 3 nitrogen and oxygen atoms in total. The van der Waals surface area contributed by atoms with Gasteiger partial charge in [-0.05, 0) is 24.3 Å². The van der Waals surface area contributed by atoms with Gasteiger partial charge in [-0.2, -0.15) is 0 Å². The monoisotopic (exact) mass is 268 g/mol. The minimum absolute atomic E-state index is 0.0438. The van der Waals surface area contributed by atoms with Crippen molar-refractivity contribution in [3.05, 3.63) is 22.4 Å². The van der Waals surface area contributed by atoms with Crippen LogP contribution in [0.4, 0.5) is 0 Å². The van der Waals surface area contributed by atoms with E-state index in [4.69, 9.17) is 9.47 Å². The lowest BCUT2D eigenvalue weighted by Gasteiger charge is -2.31. The third-order valence-electron chi connectivity index (χ3n) is 3.72. The topological polar surface area (TPSA) is 35.5 Å². The van der Waals surface area contributed by atoms with Gasteiger partial charge in [-0.3, -0.25) is 4.79 Å². The van der Waals surface area contributed by atoms with E-state index < -0.39 is 0 Å². The van der Waals surface area contributed by atoms with Crippen LogP contribution in [-0.4, -0.2) is 26.3 Å². The minimum Gasteiger partial charge on any atom is -0.356 e. The summed E-state index contributed by atoms with van der Waals surface area (Å²) in [6.45, 7) is 0. The van der Waals surface area contributed by atoms with E-state index in [9.17, 15) is 4.79 Å². The Labute approximate surface area is 112 Å². The first-order valence-corrected chi connectivity index (χ1v) is 7.26. The van der Waals surface area contributed by atoms with Crippen molar-refractivity contribution < 1.29 is 14.3 Å². The lowest BCUT2D eigenvalue weighted by Crippen LogP contribution is -2.31. The van der Waals surface area contributed by atoms with E-state index in [2.05, 4.69) is 17.5 Å². The quantitative estimate of drug-likeness (QED) is 0.769. The highest BCUT2D eigenvalue weighted by Gasteiger charge is 2.35. The van der Waals surface area contributed by atoms with Crippen LogP contribution in [0.5, 0.6) is 0 Å². The summed E-state index contributed by atoms with van der Waals surface area (Å²) in [4.78, 5) is 13.5. The van der Waals surface area contributed by atoms with E-state index in [0.717, 1.165) is 12.8 Å². The van der Waals surface area contributed by atoms with E-state index in [-0.39, 0.29) is 12.2 Å². The number of ether oxygens (including phenoxy) is 2. The van der Waals surface area contributed by atoms with E-state index >= 15 is 0 Å². The highest BCUT2D eigenvalue weighted by molar-refractivity contribution is 7.10. The SMILES string of the molecule is COC(CC1C(=O)CCCC1c1cccs1)OC. The summed E-state index contributed by atoms with van der Waals surface area (Å²) in [5, 5.41) is 2.08. The van der Waals surface area contributed by atoms with Crippen LogP contribution < -0.4 is 0 Å². The maximum atomic E-state index is 12.2. The number of rotatable bonds is 5. The van der Waals surface area contributed by atoms with Gasteiger partial charge in [0.2, 0.25) is 0 Å². The van der Waals surface area contributed by atoms with Gasteiger partial charge in [0.25, 0.3) is 0 Å². The molecule has 2 atom stereocenters. The van der Waals surface area contributed by atoms with Gasteiger partial charge in [0.1, 0.15) is 5.78 Å². The first kappa shape index (κ1) is 13.7. The third kappa shape index (κ3) is 2.99.